The Hall–Kier alpha value is -1.53. The summed E-state index contributed by atoms with van der Waals surface area (Å²) >= 11 is 7.56. The SMILES string of the molecule is COc1ccc(NC(=O)c2cc(S)ccc2Br)cn1. The summed E-state index contributed by atoms with van der Waals surface area (Å²) < 4.78 is 5.66. The van der Waals surface area contributed by atoms with Crippen molar-refractivity contribution in [3.63, 3.8) is 0 Å². The molecule has 0 radical (unpaired) electrons. The van der Waals surface area contributed by atoms with Gasteiger partial charge in [0.25, 0.3) is 5.91 Å². The van der Waals surface area contributed by atoms with Crippen LogP contribution in [0.5, 0.6) is 5.88 Å². The maximum Gasteiger partial charge on any atom is 0.256 e. The van der Waals surface area contributed by atoms with Gasteiger partial charge in [0.2, 0.25) is 5.88 Å². The maximum atomic E-state index is 12.1. The van der Waals surface area contributed by atoms with E-state index in [2.05, 4.69) is 38.9 Å². The summed E-state index contributed by atoms with van der Waals surface area (Å²) in [6.07, 6.45) is 1.54. The Morgan fingerprint density at radius 1 is 1.37 bits per heavy atom. The molecule has 1 aromatic heterocycles. The van der Waals surface area contributed by atoms with Gasteiger partial charge in [0.15, 0.2) is 0 Å². The molecule has 4 nitrogen and oxygen atoms in total. The van der Waals surface area contributed by atoms with Gasteiger partial charge >= 0.3 is 0 Å². The highest BCUT2D eigenvalue weighted by Crippen LogP contribution is 2.21. The predicted octanol–water partition coefficient (Wildman–Crippen LogP) is 3.39. The van der Waals surface area contributed by atoms with E-state index in [4.69, 9.17) is 4.74 Å². The topological polar surface area (TPSA) is 51.2 Å². The van der Waals surface area contributed by atoms with Crippen molar-refractivity contribution in [2.24, 2.45) is 0 Å². The van der Waals surface area contributed by atoms with Gasteiger partial charge in [-0.2, -0.15) is 0 Å². The van der Waals surface area contributed by atoms with Gasteiger partial charge < -0.3 is 10.1 Å². The first-order chi connectivity index (χ1) is 9.10. The summed E-state index contributed by atoms with van der Waals surface area (Å²) in [4.78, 5) is 16.9. The minimum atomic E-state index is -0.227. The van der Waals surface area contributed by atoms with Gasteiger partial charge in [-0.15, -0.1) is 12.6 Å². The molecule has 0 unspecified atom stereocenters. The molecule has 1 N–H and O–H groups in total. The van der Waals surface area contributed by atoms with E-state index >= 15 is 0 Å². The van der Waals surface area contributed by atoms with E-state index in [1.54, 1.807) is 30.3 Å². The molecule has 1 heterocycles. The number of hydrogen-bond donors (Lipinski definition) is 2. The van der Waals surface area contributed by atoms with Gasteiger partial charge in [0.05, 0.1) is 24.6 Å². The third-order valence-corrected chi connectivity index (χ3v) is 3.37. The molecule has 0 aliphatic heterocycles. The van der Waals surface area contributed by atoms with E-state index < -0.39 is 0 Å². The zero-order valence-corrected chi connectivity index (χ0v) is 12.5. The minimum Gasteiger partial charge on any atom is -0.481 e. The number of amides is 1. The molecule has 98 valence electrons. The predicted molar refractivity (Wildman–Crippen MR) is 80.1 cm³/mol. The van der Waals surface area contributed by atoms with Crippen LogP contribution in [0.1, 0.15) is 10.4 Å². The largest absolute Gasteiger partial charge is 0.481 e. The number of pyridine rings is 1. The molecule has 0 saturated carbocycles. The smallest absolute Gasteiger partial charge is 0.256 e. The number of methoxy groups -OCH3 is 1. The fourth-order valence-electron chi connectivity index (χ4n) is 1.46. The molecule has 19 heavy (non-hydrogen) atoms. The Bertz CT molecular complexity index is 602. The van der Waals surface area contributed by atoms with Crippen LogP contribution in [0, 0.1) is 0 Å². The quantitative estimate of drug-likeness (QED) is 0.843. The van der Waals surface area contributed by atoms with Crippen LogP contribution in [-0.2, 0) is 0 Å². The second-order valence-corrected chi connectivity index (χ2v) is 5.08. The van der Waals surface area contributed by atoms with Crippen LogP contribution >= 0.6 is 28.6 Å². The third kappa shape index (κ3) is 3.48. The number of anilines is 1. The van der Waals surface area contributed by atoms with E-state index in [9.17, 15) is 4.79 Å². The Morgan fingerprint density at radius 2 is 2.16 bits per heavy atom. The van der Waals surface area contributed by atoms with Gasteiger partial charge in [0, 0.05) is 15.4 Å². The van der Waals surface area contributed by atoms with Crippen LogP contribution in [0.25, 0.3) is 0 Å². The number of hydrogen-bond acceptors (Lipinski definition) is 4. The number of carbonyl (C=O) groups excluding carboxylic acids is 1. The Labute approximate surface area is 124 Å². The number of aromatic nitrogens is 1. The fraction of sp³-hybridized carbons (Fsp3) is 0.0769. The van der Waals surface area contributed by atoms with Crippen molar-refractivity contribution in [3.8, 4) is 5.88 Å². The minimum absolute atomic E-state index is 0.227. The summed E-state index contributed by atoms with van der Waals surface area (Å²) in [6.45, 7) is 0. The summed E-state index contributed by atoms with van der Waals surface area (Å²) in [5.74, 6) is 0.270. The molecule has 6 heteroatoms. The van der Waals surface area contributed by atoms with Crippen molar-refractivity contribution < 1.29 is 9.53 Å². The van der Waals surface area contributed by atoms with Crippen LogP contribution in [0.15, 0.2) is 45.9 Å². The Balaban J connectivity index is 2.18. The van der Waals surface area contributed by atoms with Gasteiger partial charge in [-0.1, -0.05) is 0 Å². The Kier molecular flexibility index (Phi) is 4.44. The summed E-state index contributed by atoms with van der Waals surface area (Å²) in [5.41, 5.74) is 1.12. The number of carbonyl (C=O) groups is 1. The number of thiol groups is 1. The van der Waals surface area contributed by atoms with Crippen molar-refractivity contribution in [1.29, 1.82) is 0 Å². The van der Waals surface area contributed by atoms with Crippen molar-refractivity contribution in [3.05, 3.63) is 46.6 Å². The first-order valence-electron chi connectivity index (χ1n) is 5.40. The molecule has 0 bridgehead atoms. The van der Waals surface area contributed by atoms with Crippen molar-refractivity contribution in [2.75, 3.05) is 12.4 Å². The average molecular weight is 339 g/mol. The molecule has 0 aliphatic carbocycles. The van der Waals surface area contributed by atoms with Crippen LogP contribution in [0.3, 0.4) is 0 Å². The van der Waals surface area contributed by atoms with Gasteiger partial charge in [-0.25, -0.2) is 4.98 Å². The summed E-state index contributed by atoms with van der Waals surface area (Å²) in [5, 5.41) is 2.76. The van der Waals surface area contributed by atoms with Crippen LogP contribution in [0.4, 0.5) is 5.69 Å². The normalized spacial score (nSPS) is 10.1. The van der Waals surface area contributed by atoms with E-state index in [0.29, 0.717) is 21.6 Å². The average Bonchev–Trinajstić information content (AvgIpc) is 2.42. The molecule has 1 amide bonds. The van der Waals surface area contributed by atoms with Crippen molar-refractivity contribution in [1.82, 2.24) is 4.98 Å². The molecule has 0 fully saturated rings. The van der Waals surface area contributed by atoms with E-state index in [1.165, 1.54) is 13.3 Å². The van der Waals surface area contributed by atoms with Crippen LogP contribution < -0.4 is 10.1 Å². The number of halogens is 1. The van der Waals surface area contributed by atoms with Crippen LogP contribution in [-0.4, -0.2) is 18.0 Å². The first-order valence-corrected chi connectivity index (χ1v) is 6.64. The number of benzene rings is 1. The number of ether oxygens (including phenoxy) is 1. The van der Waals surface area contributed by atoms with Crippen LogP contribution in [0.2, 0.25) is 0 Å². The second kappa shape index (κ2) is 6.08. The molecule has 2 rings (SSSR count). The van der Waals surface area contributed by atoms with E-state index in [1.807, 2.05) is 0 Å². The Morgan fingerprint density at radius 3 is 2.79 bits per heavy atom. The van der Waals surface area contributed by atoms with E-state index in [-0.39, 0.29) is 5.91 Å². The zero-order chi connectivity index (χ0) is 13.8. The number of nitrogens with one attached hydrogen (secondary N) is 1. The lowest BCUT2D eigenvalue weighted by Crippen LogP contribution is -2.12. The lowest BCUT2D eigenvalue weighted by molar-refractivity contribution is 0.102. The molecule has 0 aliphatic rings. The lowest BCUT2D eigenvalue weighted by atomic mass is 10.2. The zero-order valence-electron chi connectivity index (χ0n) is 10.1. The van der Waals surface area contributed by atoms with Gasteiger partial charge in [-0.05, 0) is 40.2 Å². The molecular formula is C13H11BrN2O2S. The highest BCUT2D eigenvalue weighted by atomic mass is 79.9. The number of nitrogens with zero attached hydrogens (tertiary/aromatic N) is 1. The lowest BCUT2D eigenvalue weighted by Gasteiger charge is -2.07. The molecular weight excluding hydrogens is 328 g/mol. The molecule has 1 aromatic carbocycles. The fourth-order valence-corrected chi connectivity index (χ4v) is 2.09. The van der Waals surface area contributed by atoms with E-state index in [0.717, 1.165) is 4.90 Å². The highest BCUT2D eigenvalue weighted by Gasteiger charge is 2.10. The molecule has 0 atom stereocenters. The van der Waals surface area contributed by atoms with Gasteiger partial charge in [0.1, 0.15) is 0 Å². The standard InChI is InChI=1S/C13H11BrN2O2S/c1-18-12-5-2-8(7-15-12)16-13(17)10-6-9(19)3-4-11(10)14/h2-7,19H,1H3,(H,16,17). The monoisotopic (exact) mass is 338 g/mol. The molecule has 2 aromatic rings. The molecule has 0 spiro atoms. The second-order valence-electron chi connectivity index (χ2n) is 3.71. The third-order valence-electron chi connectivity index (χ3n) is 2.40. The maximum absolute atomic E-state index is 12.1. The summed E-state index contributed by atoms with van der Waals surface area (Å²) in [6, 6.07) is 8.68. The van der Waals surface area contributed by atoms with Crippen molar-refractivity contribution >= 4 is 40.2 Å². The summed E-state index contributed by atoms with van der Waals surface area (Å²) in [7, 11) is 1.54. The molecule has 0 saturated heterocycles. The number of rotatable bonds is 3. The first kappa shape index (κ1) is 13.9. The highest BCUT2D eigenvalue weighted by molar-refractivity contribution is 9.10. The van der Waals surface area contributed by atoms with Crippen molar-refractivity contribution in [2.45, 2.75) is 4.90 Å². The van der Waals surface area contributed by atoms with Gasteiger partial charge in [-0.3, -0.25) is 4.79 Å².